The van der Waals surface area contributed by atoms with Crippen molar-refractivity contribution in [3.8, 4) is 0 Å². The number of hydrogen-bond acceptors (Lipinski definition) is 5. The molecule has 1 aromatic carbocycles. The van der Waals surface area contributed by atoms with E-state index in [1.165, 1.54) is 7.11 Å². The van der Waals surface area contributed by atoms with Crippen molar-refractivity contribution in [2.24, 2.45) is 5.73 Å². The lowest BCUT2D eigenvalue weighted by Gasteiger charge is -2.20. The maximum Gasteiger partial charge on any atom is 0.337 e. The first-order valence-electron chi connectivity index (χ1n) is 5.29. The molecule has 1 atom stereocenters. The zero-order valence-corrected chi connectivity index (χ0v) is 10.3. The summed E-state index contributed by atoms with van der Waals surface area (Å²) in [5, 5.41) is 9.83. The molecule has 94 valence electrons. The second kappa shape index (κ2) is 5.65. The summed E-state index contributed by atoms with van der Waals surface area (Å²) < 4.78 is 4.64. The van der Waals surface area contributed by atoms with Gasteiger partial charge in [-0.15, -0.1) is 0 Å². The van der Waals surface area contributed by atoms with Crippen molar-refractivity contribution in [2.75, 3.05) is 32.6 Å². The van der Waals surface area contributed by atoms with E-state index in [9.17, 15) is 9.90 Å². The second-order valence-corrected chi connectivity index (χ2v) is 3.91. The van der Waals surface area contributed by atoms with Crippen molar-refractivity contribution >= 4 is 11.7 Å². The van der Waals surface area contributed by atoms with Crippen molar-refractivity contribution in [3.05, 3.63) is 29.3 Å². The van der Waals surface area contributed by atoms with Crippen molar-refractivity contribution in [1.29, 1.82) is 0 Å². The van der Waals surface area contributed by atoms with Crippen molar-refractivity contribution in [2.45, 2.75) is 6.10 Å². The summed E-state index contributed by atoms with van der Waals surface area (Å²) in [5.41, 5.74) is 7.31. The van der Waals surface area contributed by atoms with Gasteiger partial charge in [-0.1, -0.05) is 0 Å². The summed E-state index contributed by atoms with van der Waals surface area (Å²) >= 11 is 0. The third-order valence-corrected chi connectivity index (χ3v) is 2.51. The molecule has 0 saturated heterocycles. The molecule has 0 heterocycles. The molecule has 0 fully saturated rings. The number of rotatable bonds is 4. The lowest BCUT2D eigenvalue weighted by Crippen LogP contribution is -2.18. The van der Waals surface area contributed by atoms with Gasteiger partial charge in [0.1, 0.15) is 0 Å². The van der Waals surface area contributed by atoms with E-state index in [2.05, 4.69) is 4.74 Å². The van der Waals surface area contributed by atoms with Crippen molar-refractivity contribution in [3.63, 3.8) is 0 Å². The summed E-state index contributed by atoms with van der Waals surface area (Å²) in [4.78, 5) is 13.3. The lowest BCUT2D eigenvalue weighted by molar-refractivity contribution is 0.0600. The molecule has 1 aromatic rings. The van der Waals surface area contributed by atoms with Crippen LogP contribution in [0.1, 0.15) is 22.0 Å². The Bertz CT molecular complexity index is 405. The molecule has 3 N–H and O–H groups in total. The van der Waals surface area contributed by atoms with Gasteiger partial charge in [0.05, 0.1) is 18.8 Å². The Labute approximate surface area is 101 Å². The molecular weight excluding hydrogens is 220 g/mol. The van der Waals surface area contributed by atoms with E-state index in [4.69, 9.17) is 5.73 Å². The van der Waals surface area contributed by atoms with E-state index in [-0.39, 0.29) is 6.54 Å². The summed E-state index contributed by atoms with van der Waals surface area (Å²) in [5.74, 6) is -0.430. The van der Waals surface area contributed by atoms with E-state index < -0.39 is 12.1 Å². The van der Waals surface area contributed by atoms with Gasteiger partial charge < -0.3 is 20.5 Å². The van der Waals surface area contributed by atoms with Crippen LogP contribution in [0.5, 0.6) is 0 Å². The Balaban J connectivity index is 3.23. The molecule has 0 unspecified atom stereocenters. The van der Waals surface area contributed by atoms with Gasteiger partial charge in [-0.3, -0.25) is 0 Å². The van der Waals surface area contributed by atoms with Gasteiger partial charge in [0.25, 0.3) is 0 Å². The summed E-state index contributed by atoms with van der Waals surface area (Å²) in [7, 11) is 5.04. The van der Waals surface area contributed by atoms with E-state index >= 15 is 0 Å². The number of nitrogens with two attached hydrogens (primary N) is 1. The van der Waals surface area contributed by atoms with E-state index in [0.29, 0.717) is 11.1 Å². The number of aliphatic hydroxyl groups excluding tert-OH is 1. The Morgan fingerprint density at radius 1 is 1.53 bits per heavy atom. The van der Waals surface area contributed by atoms with Crippen LogP contribution in [0.3, 0.4) is 0 Å². The topological polar surface area (TPSA) is 75.8 Å². The SMILES string of the molecule is COC(=O)c1ccc(N(C)C)c([C@H](O)CN)c1. The largest absolute Gasteiger partial charge is 0.465 e. The number of anilines is 1. The van der Waals surface area contributed by atoms with Crippen molar-refractivity contribution < 1.29 is 14.6 Å². The van der Waals surface area contributed by atoms with E-state index in [1.54, 1.807) is 18.2 Å². The molecule has 5 nitrogen and oxygen atoms in total. The zero-order valence-electron chi connectivity index (χ0n) is 10.3. The van der Waals surface area contributed by atoms with Crippen LogP contribution >= 0.6 is 0 Å². The molecule has 0 spiro atoms. The standard InChI is InChI=1S/C12H18N2O3/c1-14(2)10-5-4-8(12(16)17-3)6-9(10)11(15)7-13/h4-6,11,15H,7,13H2,1-3H3/t11-/m1/s1. The van der Waals surface area contributed by atoms with Crippen LogP contribution in [-0.4, -0.2) is 38.8 Å². The normalized spacial score (nSPS) is 12.1. The third kappa shape index (κ3) is 2.95. The van der Waals surface area contributed by atoms with Crippen molar-refractivity contribution in [1.82, 2.24) is 0 Å². The first kappa shape index (κ1) is 13.5. The Kier molecular flexibility index (Phi) is 4.48. The Morgan fingerprint density at radius 2 is 2.18 bits per heavy atom. The Hall–Kier alpha value is -1.59. The van der Waals surface area contributed by atoms with E-state index in [1.807, 2.05) is 19.0 Å². The number of methoxy groups -OCH3 is 1. The second-order valence-electron chi connectivity index (χ2n) is 3.91. The predicted molar refractivity (Wildman–Crippen MR) is 66.1 cm³/mol. The maximum absolute atomic E-state index is 11.4. The minimum absolute atomic E-state index is 0.103. The quantitative estimate of drug-likeness (QED) is 0.748. The number of aliphatic hydroxyl groups is 1. The summed E-state index contributed by atoms with van der Waals surface area (Å²) in [6.45, 7) is 0.103. The van der Waals surface area contributed by atoms with Crippen LogP contribution in [0.15, 0.2) is 18.2 Å². The number of benzene rings is 1. The highest BCUT2D eigenvalue weighted by atomic mass is 16.5. The molecule has 0 radical (unpaired) electrons. The molecule has 1 rings (SSSR count). The maximum atomic E-state index is 11.4. The molecule has 17 heavy (non-hydrogen) atoms. The molecule has 0 aliphatic carbocycles. The minimum Gasteiger partial charge on any atom is -0.465 e. The van der Waals surface area contributed by atoms with Crippen LogP contribution in [0.4, 0.5) is 5.69 Å². The Morgan fingerprint density at radius 3 is 2.65 bits per heavy atom. The first-order valence-corrected chi connectivity index (χ1v) is 5.29. The third-order valence-electron chi connectivity index (χ3n) is 2.51. The monoisotopic (exact) mass is 238 g/mol. The van der Waals surface area contributed by atoms with Crippen LogP contribution in [0.2, 0.25) is 0 Å². The number of hydrogen-bond donors (Lipinski definition) is 2. The highest BCUT2D eigenvalue weighted by molar-refractivity contribution is 5.90. The van der Waals surface area contributed by atoms with Gasteiger partial charge in [0.15, 0.2) is 0 Å². The number of nitrogens with zero attached hydrogens (tertiary/aromatic N) is 1. The zero-order chi connectivity index (χ0) is 13.0. The lowest BCUT2D eigenvalue weighted by atomic mass is 10.0. The number of esters is 1. The van der Waals surface area contributed by atoms with Gasteiger partial charge in [0.2, 0.25) is 0 Å². The smallest absolute Gasteiger partial charge is 0.337 e. The minimum atomic E-state index is -0.794. The molecule has 0 saturated carbocycles. The highest BCUT2D eigenvalue weighted by Gasteiger charge is 2.16. The van der Waals surface area contributed by atoms with E-state index in [0.717, 1.165) is 5.69 Å². The predicted octanol–water partition coefficient (Wildman–Crippen LogP) is 0.531. The van der Waals surface area contributed by atoms with Crippen LogP contribution in [0.25, 0.3) is 0 Å². The van der Waals surface area contributed by atoms with Crippen LogP contribution in [-0.2, 0) is 4.74 Å². The number of carbonyl (C=O) groups excluding carboxylic acids is 1. The average Bonchev–Trinajstić information content (AvgIpc) is 2.35. The molecule has 0 aromatic heterocycles. The molecular formula is C12H18N2O3. The molecule has 0 bridgehead atoms. The summed E-state index contributed by atoms with van der Waals surface area (Å²) in [6.07, 6.45) is -0.794. The number of carbonyl (C=O) groups is 1. The fourth-order valence-electron chi connectivity index (χ4n) is 1.60. The fourth-order valence-corrected chi connectivity index (χ4v) is 1.60. The molecule has 0 aliphatic heterocycles. The van der Waals surface area contributed by atoms with Gasteiger partial charge in [-0.05, 0) is 18.2 Å². The fraction of sp³-hybridized carbons (Fsp3) is 0.417. The van der Waals surface area contributed by atoms with Crippen LogP contribution in [0, 0.1) is 0 Å². The van der Waals surface area contributed by atoms with Crippen LogP contribution < -0.4 is 10.6 Å². The van der Waals surface area contributed by atoms with Gasteiger partial charge in [-0.2, -0.15) is 0 Å². The summed E-state index contributed by atoms with van der Waals surface area (Å²) in [6, 6.07) is 5.03. The van der Waals surface area contributed by atoms with Gasteiger partial charge >= 0.3 is 5.97 Å². The molecule has 5 heteroatoms. The number of ether oxygens (including phenoxy) is 1. The highest BCUT2D eigenvalue weighted by Crippen LogP contribution is 2.26. The van der Waals surface area contributed by atoms with Gasteiger partial charge in [0, 0.05) is 31.9 Å². The first-order chi connectivity index (χ1) is 8.01. The molecule has 0 aliphatic rings. The average molecular weight is 238 g/mol. The molecule has 0 amide bonds. The van der Waals surface area contributed by atoms with Gasteiger partial charge in [-0.25, -0.2) is 4.79 Å².